The summed E-state index contributed by atoms with van der Waals surface area (Å²) in [5, 5.41) is 0. The van der Waals surface area contributed by atoms with Gasteiger partial charge in [-0.1, -0.05) is 0 Å². The Morgan fingerprint density at radius 3 is 1.20 bits per heavy atom. The van der Waals surface area contributed by atoms with Gasteiger partial charge in [0.25, 0.3) is 0 Å². The quantitative estimate of drug-likeness (QED) is 0.397. The van der Waals surface area contributed by atoms with Crippen molar-refractivity contribution < 1.29 is 17.5 Å². The molecule has 0 bridgehead atoms. The van der Waals surface area contributed by atoms with Crippen LogP contribution in [0.25, 0.3) is 0 Å². The third kappa shape index (κ3) is 801. The van der Waals surface area contributed by atoms with Gasteiger partial charge in [0.15, 0.2) is 0 Å². The molecule has 0 spiro atoms. The van der Waals surface area contributed by atoms with Crippen molar-refractivity contribution in [2.75, 3.05) is 0 Å². The lowest BCUT2D eigenvalue weighted by molar-refractivity contribution is 0.381. The van der Waals surface area contributed by atoms with Gasteiger partial charge in [0.2, 0.25) is 0 Å². The Bertz CT molecular complexity index is 86.8. The van der Waals surface area contributed by atoms with E-state index in [1.807, 2.05) is 0 Å². The van der Waals surface area contributed by atoms with Crippen LogP contribution in [0.1, 0.15) is 0 Å². The van der Waals surface area contributed by atoms with Gasteiger partial charge in [-0.15, -0.1) is 0 Å². The van der Waals surface area contributed by atoms with E-state index in [0.717, 1.165) is 0 Å². The summed E-state index contributed by atoms with van der Waals surface area (Å²) in [6.45, 7) is 0. The van der Waals surface area contributed by atoms with Crippen LogP contribution >= 0.6 is 0 Å². The summed E-state index contributed by atoms with van der Waals surface area (Å²) in [5.41, 5.74) is 0. The molecule has 0 amide bonds. The lowest BCUT2D eigenvalue weighted by atomic mass is 15.8. The van der Waals surface area contributed by atoms with Crippen molar-refractivity contribution in [1.82, 2.24) is 0 Å². The van der Waals surface area contributed by atoms with Gasteiger partial charge in [0.05, 0.1) is 0 Å². The third-order valence-electron chi connectivity index (χ3n) is 0. The van der Waals surface area contributed by atoms with Crippen molar-refractivity contribution in [3.63, 3.8) is 0 Å². The van der Waals surface area contributed by atoms with Crippen LogP contribution in [-0.4, -0.2) is 17.5 Å². The van der Waals surface area contributed by atoms with Crippen LogP contribution in [0.4, 0.5) is 0 Å². The summed E-state index contributed by atoms with van der Waals surface area (Å²) in [4.78, 5) is 0. The van der Waals surface area contributed by atoms with Gasteiger partial charge >= 0.3 is 10.4 Å². The molecule has 0 aliphatic carbocycles. The Kier molecular flexibility index (Phi) is 0.901. The molecule has 0 unspecified atom stereocenters. The maximum Gasteiger partial charge on any atom is 0.394 e. The van der Waals surface area contributed by atoms with Gasteiger partial charge in [-0.25, -0.2) is 0 Å². The molecule has 0 aliphatic heterocycles. The van der Waals surface area contributed by atoms with Gasteiger partial charge in [0, 0.05) is 0 Å². The van der Waals surface area contributed by atoms with Crippen LogP contribution in [-0.2, 0) is 10.4 Å². The SMILES string of the molecule is O=[35S](=O)(O)O. The van der Waals surface area contributed by atoms with Gasteiger partial charge in [-0.2, -0.15) is 8.42 Å². The van der Waals surface area contributed by atoms with E-state index in [-0.39, 0.29) is 0 Å². The van der Waals surface area contributed by atoms with Gasteiger partial charge in [-0.3, -0.25) is 9.11 Å². The summed E-state index contributed by atoms with van der Waals surface area (Å²) in [7, 11) is -4.67. The third-order valence-corrected chi connectivity index (χ3v) is 0. The van der Waals surface area contributed by atoms with Crippen LogP contribution in [0.3, 0.4) is 0 Å². The molecule has 0 atom stereocenters. The fourth-order valence-electron chi connectivity index (χ4n) is 0. The topological polar surface area (TPSA) is 74.6 Å². The molecule has 0 aromatic heterocycles. The van der Waals surface area contributed by atoms with Gasteiger partial charge in [-0.05, 0) is 0 Å². The molecule has 0 fully saturated rings. The van der Waals surface area contributed by atoms with E-state index in [1.54, 1.807) is 0 Å². The highest BCUT2D eigenvalue weighted by Gasteiger charge is 1.84. The highest BCUT2D eigenvalue weighted by atomic mass is 35.1. The first-order valence-corrected chi connectivity index (χ1v) is 2.10. The Morgan fingerprint density at radius 1 is 1.20 bits per heavy atom. The number of rotatable bonds is 0. The fourth-order valence-corrected chi connectivity index (χ4v) is 0. The van der Waals surface area contributed by atoms with Crippen LogP contribution in [0.15, 0.2) is 0 Å². The molecule has 4 nitrogen and oxygen atoms in total. The molecular formula is H2O4S. The maximum absolute atomic E-state index is 8.74. The summed E-state index contributed by atoms with van der Waals surface area (Å²) >= 11 is 0. The van der Waals surface area contributed by atoms with E-state index in [4.69, 9.17) is 17.5 Å². The summed E-state index contributed by atoms with van der Waals surface area (Å²) < 4.78 is 31.6. The van der Waals surface area contributed by atoms with Crippen molar-refractivity contribution in [3.8, 4) is 0 Å². The number of hydrogen-bond acceptors (Lipinski definition) is 2. The van der Waals surface area contributed by atoms with E-state index < -0.39 is 10.4 Å². The monoisotopic (exact) mass is 101 g/mol. The molecule has 0 aliphatic rings. The van der Waals surface area contributed by atoms with Crippen LogP contribution in [0.2, 0.25) is 0 Å². The molecule has 5 heteroatoms. The Morgan fingerprint density at radius 2 is 1.20 bits per heavy atom. The minimum atomic E-state index is -4.67. The first-order chi connectivity index (χ1) is 2.00. The minimum Gasteiger partial charge on any atom is -0.264 e. The molecule has 0 saturated carbocycles. The van der Waals surface area contributed by atoms with Crippen molar-refractivity contribution >= 4 is 10.4 Å². The van der Waals surface area contributed by atoms with E-state index in [0.29, 0.717) is 0 Å². The highest BCUT2D eigenvalue weighted by Crippen LogP contribution is 1.59. The first-order valence-electron chi connectivity index (χ1n) is 0.698. The van der Waals surface area contributed by atoms with Crippen molar-refractivity contribution in [2.24, 2.45) is 0 Å². The highest BCUT2D eigenvalue weighted by molar-refractivity contribution is 7.79. The second-order valence-corrected chi connectivity index (χ2v) is 1.34. The molecule has 0 radical (unpaired) electrons. The lowest BCUT2D eigenvalue weighted by Gasteiger charge is -1.68. The van der Waals surface area contributed by atoms with Gasteiger partial charge < -0.3 is 0 Å². The van der Waals surface area contributed by atoms with E-state index in [2.05, 4.69) is 0 Å². The lowest BCUT2D eigenvalue weighted by Crippen LogP contribution is -1.89. The largest absolute Gasteiger partial charge is 0.394 e. The van der Waals surface area contributed by atoms with Crippen LogP contribution < -0.4 is 0 Å². The van der Waals surface area contributed by atoms with Crippen LogP contribution in [0, 0.1) is 0 Å². The average molecular weight is 101 g/mol. The molecule has 0 aromatic carbocycles. The fraction of sp³-hybridized carbons (Fsp3) is 0. The van der Waals surface area contributed by atoms with Crippen molar-refractivity contribution in [3.05, 3.63) is 0 Å². The summed E-state index contributed by atoms with van der Waals surface area (Å²) in [6.07, 6.45) is 0. The Labute approximate surface area is 29.0 Å². The average Bonchev–Trinajstić information content (AvgIpc) is 0.722. The van der Waals surface area contributed by atoms with Gasteiger partial charge in [0.1, 0.15) is 0 Å². The zero-order valence-corrected chi connectivity index (χ0v) is 2.94. The Balaban J connectivity index is 4.06. The molecule has 32 valence electrons. The normalized spacial score (nSPS) is 11.6. The maximum atomic E-state index is 8.74. The predicted octanol–water partition coefficient (Wildman–Crippen LogP) is -0.653. The molecule has 0 saturated heterocycles. The number of hydrogen-bond donors (Lipinski definition) is 2. The first kappa shape index (κ1) is 4.87. The van der Waals surface area contributed by atoms with Crippen LogP contribution in [0.5, 0.6) is 0 Å². The predicted molar refractivity (Wildman–Crippen MR) is 14.2 cm³/mol. The molecule has 0 heterocycles. The van der Waals surface area contributed by atoms with Crippen molar-refractivity contribution in [2.45, 2.75) is 0 Å². The van der Waals surface area contributed by atoms with E-state index in [1.165, 1.54) is 0 Å². The van der Waals surface area contributed by atoms with E-state index in [9.17, 15) is 0 Å². The second-order valence-electron chi connectivity index (χ2n) is 0.448. The molecule has 5 heavy (non-hydrogen) atoms. The minimum absolute atomic E-state index is 4.67. The molecule has 2 N–H and O–H groups in total. The molecule has 0 aromatic rings. The standard InChI is InChI=1S/H2O4S/c1-5(2,3)4/h(H2,1,2,3,4)/i5+3. The Hall–Kier alpha value is -0.130. The zero-order chi connectivity index (χ0) is 4.50. The molecular weight excluding hydrogens is 99.0 g/mol. The second kappa shape index (κ2) is 0.925. The zero-order valence-electron chi connectivity index (χ0n) is 2.12. The molecule has 0 rings (SSSR count). The smallest absolute Gasteiger partial charge is 0.264 e. The summed E-state index contributed by atoms with van der Waals surface area (Å²) in [6, 6.07) is 0. The van der Waals surface area contributed by atoms with Crippen molar-refractivity contribution in [1.29, 1.82) is 0 Å². The van der Waals surface area contributed by atoms with E-state index >= 15 is 0 Å². The summed E-state index contributed by atoms with van der Waals surface area (Å²) in [5.74, 6) is 0.